The molecule has 0 spiro atoms. The molecule has 0 N–H and O–H groups in total. The zero-order valence-corrected chi connectivity index (χ0v) is 7.06. The molecule has 0 amide bonds. The van der Waals surface area contributed by atoms with Crippen molar-refractivity contribution in [2.75, 3.05) is 13.6 Å². The Labute approximate surface area is 69.3 Å². The van der Waals surface area contributed by atoms with E-state index in [0.29, 0.717) is 13.0 Å². The van der Waals surface area contributed by atoms with Crippen LogP contribution >= 0.6 is 0 Å². The van der Waals surface area contributed by atoms with Gasteiger partial charge in [-0.2, -0.15) is 0 Å². The number of rotatable bonds is 1. The van der Waals surface area contributed by atoms with Gasteiger partial charge in [0, 0.05) is 12.6 Å². The van der Waals surface area contributed by atoms with Crippen LogP contribution in [0.2, 0.25) is 0 Å². The quantitative estimate of drug-likeness (QED) is 0.612. The number of likely N-dealkylation sites (tertiary alicyclic amines) is 1. The maximum atomic E-state index is 11.7. The summed E-state index contributed by atoms with van der Waals surface area (Å²) in [6.07, 6.45) is -4.73. The second-order valence-corrected chi connectivity index (χ2v) is 3.21. The molecule has 0 aromatic heterocycles. The Hall–Kier alpha value is -0.290. The molecule has 1 saturated heterocycles. The van der Waals surface area contributed by atoms with Crippen molar-refractivity contribution in [1.82, 2.24) is 4.90 Å². The molecule has 0 saturated carbocycles. The highest BCUT2D eigenvalue weighted by atomic mass is 19.4. The van der Waals surface area contributed by atoms with Crippen LogP contribution in [0.1, 0.15) is 13.3 Å². The van der Waals surface area contributed by atoms with Crippen LogP contribution in [0.15, 0.2) is 0 Å². The fourth-order valence-electron chi connectivity index (χ4n) is 1.41. The van der Waals surface area contributed by atoms with Crippen LogP contribution in [0.5, 0.6) is 0 Å². The van der Waals surface area contributed by atoms with Gasteiger partial charge in [-0.15, -0.1) is 13.2 Å². The normalized spacial score (nSPS) is 32.8. The van der Waals surface area contributed by atoms with Crippen molar-refractivity contribution >= 4 is 0 Å². The number of hydrogen-bond donors (Lipinski definition) is 0. The molecule has 0 aromatic carbocycles. The first-order valence-electron chi connectivity index (χ1n) is 3.83. The SMILES string of the molecule is C[C@H]1CC(OC(F)(F)F)CN1C. The monoisotopic (exact) mass is 183 g/mol. The van der Waals surface area contributed by atoms with Crippen LogP contribution in [0.4, 0.5) is 13.2 Å². The highest BCUT2D eigenvalue weighted by molar-refractivity contribution is 4.80. The lowest BCUT2D eigenvalue weighted by molar-refractivity contribution is -0.340. The van der Waals surface area contributed by atoms with E-state index in [-0.39, 0.29) is 6.04 Å². The fraction of sp³-hybridized carbons (Fsp3) is 1.00. The first kappa shape index (κ1) is 9.80. The Bertz CT molecular complexity index is 149. The largest absolute Gasteiger partial charge is 0.522 e. The summed E-state index contributed by atoms with van der Waals surface area (Å²) < 4.78 is 39.1. The summed E-state index contributed by atoms with van der Waals surface area (Å²) in [5.41, 5.74) is 0. The second-order valence-electron chi connectivity index (χ2n) is 3.21. The lowest BCUT2D eigenvalue weighted by Crippen LogP contribution is -2.26. The van der Waals surface area contributed by atoms with E-state index in [4.69, 9.17) is 0 Å². The molecule has 12 heavy (non-hydrogen) atoms. The van der Waals surface area contributed by atoms with E-state index >= 15 is 0 Å². The third-order valence-corrected chi connectivity index (χ3v) is 2.15. The zero-order chi connectivity index (χ0) is 9.35. The minimum absolute atomic E-state index is 0.178. The molecular weight excluding hydrogens is 171 g/mol. The van der Waals surface area contributed by atoms with Crippen LogP contribution in [0.3, 0.4) is 0 Å². The van der Waals surface area contributed by atoms with E-state index < -0.39 is 12.5 Å². The van der Waals surface area contributed by atoms with Crippen LogP contribution in [0, 0.1) is 0 Å². The van der Waals surface area contributed by atoms with Gasteiger partial charge in [-0.1, -0.05) is 0 Å². The lowest BCUT2D eigenvalue weighted by Gasteiger charge is -2.13. The number of likely N-dealkylation sites (N-methyl/N-ethyl adjacent to an activating group) is 1. The Morgan fingerprint density at radius 3 is 2.33 bits per heavy atom. The smallest absolute Gasteiger partial charge is 0.301 e. The molecule has 0 radical (unpaired) electrons. The molecule has 5 heteroatoms. The van der Waals surface area contributed by atoms with E-state index in [2.05, 4.69) is 4.74 Å². The summed E-state index contributed by atoms with van der Waals surface area (Å²) >= 11 is 0. The Morgan fingerprint density at radius 2 is 2.00 bits per heavy atom. The number of halogens is 3. The molecule has 0 aliphatic carbocycles. The van der Waals surface area contributed by atoms with Gasteiger partial charge < -0.3 is 4.90 Å². The van der Waals surface area contributed by atoms with Gasteiger partial charge in [0.1, 0.15) is 0 Å². The summed E-state index contributed by atoms with van der Waals surface area (Å²) in [4.78, 5) is 1.86. The molecule has 72 valence electrons. The molecule has 1 fully saturated rings. The molecule has 1 heterocycles. The predicted molar refractivity (Wildman–Crippen MR) is 37.6 cm³/mol. The third-order valence-electron chi connectivity index (χ3n) is 2.15. The van der Waals surface area contributed by atoms with Gasteiger partial charge >= 0.3 is 6.36 Å². The van der Waals surface area contributed by atoms with Crippen LogP contribution < -0.4 is 0 Å². The summed E-state index contributed by atoms with van der Waals surface area (Å²) in [6.45, 7) is 2.25. The van der Waals surface area contributed by atoms with Crippen molar-refractivity contribution in [2.45, 2.75) is 31.9 Å². The van der Waals surface area contributed by atoms with Gasteiger partial charge in [0.2, 0.25) is 0 Å². The van der Waals surface area contributed by atoms with E-state index in [1.807, 2.05) is 11.8 Å². The van der Waals surface area contributed by atoms with Crippen molar-refractivity contribution in [3.63, 3.8) is 0 Å². The van der Waals surface area contributed by atoms with E-state index in [1.165, 1.54) is 0 Å². The van der Waals surface area contributed by atoms with Crippen molar-refractivity contribution in [3.05, 3.63) is 0 Å². The number of ether oxygens (including phenoxy) is 1. The molecule has 1 aliphatic rings. The molecule has 1 aliphatic heterocycles. The number of nitrogens with zero attached hydrogens (tertiary/aromatic N) is 1. The van der Waals surface area contributed by atoms with Crippen molar-refractivity contribution in [1.29, 1.82) is 0 Å². The molecule has 2 nitrogen and oxygen atoms in total. The summed E-state index contributed by atoms with van der Waals surface area (Å²) in [6, 6.07) is 0.178. The van der Waals surface area contributed by atoms with E-state index in [1.54, 1.807) is 7.05 Å². The van der Waals surface area contributed by atoms with Crippen LogP contribution in [0.25, 0.3) is 0 Å². The molecule has 1 rings (SSSR count). The van der Waals surface area contributed by atoms with Crippen molar-refractivity contribution < 1.29 is 17.9 Å². The highest BCUT2D eigenvalue weighted by Crippen LogP contribution is 2.25. The Balaban J connectivity index is 2.38. The molecule has 0 bridgehead atoms. The minimum atomic E-state index is -4.49. The number of hydrogen-bond acceptors (Lipinski definition) is 2. The van der Waals surface area contributed by atoms with Gasteiger partial charge in [0.25, 0.3) is 0 Å². The zero-order valence-electron chi connectivity index (χ0n) is 7.06. The van der Waals surface area contributed by atoms with Crippen molar-refractivity contribution in [3.8, 4) is 0 Å². The molecule has 2 atom stereocenters. The number of alkyl halides is 3. The standard InChI is InChI=1S/C7H12F3NO/c1-5-3-6(4-11(5)2)12-7(8,9)10/h5-6H,3-4H2,1-2H3/t5-,6?/m0/s1. The first-order valence-corrected chi connectivity index (χ1v) is 3.83. The Kier molecular flexibility index (Phi) is 2.63. The highest BCUT2D eigenvalue weighted by Gasteiger charge is 2.37. The molecular formula is C7H12F3NO. The average Bonchev–Trinajstić information content (AvgIpc) is 2.07. The van der Waals surface area contributed by atoms with Crippen LogP contribution in [-0.4, -0.2) is 37.0 Å². The van der Waals surface area contributed by atoms with Gasteiger partial charge in [-0.05, 0) is 20.4 Å². The van der Waals surface area contributed by atoms with Crippen LogP contribution in [-0.2, 0) is 4.74 Å². The second kappa shape index (κ2) is 3.22. The molecule has 1 unspecified atom stereocenters. The molecule has 0 aromatic rings. The summed E-state index contributed by atoms with van der Waals surface area (Å²) in [5, 5.41) is 0. The maximum absolute atomic E-state index is 11.7. The third kappa shape index (κ3) is 2.64. The first-order chi connectivity index (χ1) is 5.38. The lowest BCUT2D eigenvalue weighted by atomic mass is 10.2. The fourth-order valence-corrected chi connectivity index (χ4v) is 1.41. The summed E-state index contributed by atoms with van der Waals surface area (Å²) in [5.74, 6) is 0. The van der Waals surface area contributed by atoms with Gasteiger partial charge in [0.15, 0.2) is 0 Å². The minimum Gasteiger partial charge on any atom is -0.301 e. The predicted octanol–water partition coefficient (Wildman–Crippen LogP) is 1.62. The van der Waals surface area contributed by atoms with Gasteiger partial charge in [0.05, 0.1) is 6.10 Å². The maximum Gasteiger partial charge on any atom is 0.522 e. The topological polar surface area (TPSA) is 12.5 Å². The average molecular weight is 183 g/mol. The van der Waals surface area contributed by atoms with Gasteiger partial charge in [-0.25, -0.2) is 0 Å². The summed E-state index contributed by atoms with van der Waals surface area (Å²) in [7, 11) is 1.80. The van der Waals surface area contributed by atoms with Crippen molar-refractivity contribution in [2.24, 2.45) is 0 Å². The Morgan fingerprint density at radius 1 is 1.42 bits per heavy atom. The van der Waals surface area contributed by atoms with E-state index in [9.17, 15) is 13.2 Å². The van der Waals surface area contributed by atoms with E-state index in [0.717, 1.165) is 0 Å². The van der Waals surface area contributed by atoms with Gasteiger partial charge in [-0.3, -0.25) is 4.74 Å².